The van der Waals surface area contributed by atoms with Crippen LogP contribution in [0.3, 0.4) is 0 Å². The fourth-order valence-electron chi connectivity index (χ4n) is 1.45. The van der Waals surface area contributed by atoms with Gasteiger partial charge in [-0.25, -0.2) is 4.39 Å². The molecular weight excluding hydrogens is 311 g/mol. The first-order valence-corrected chi connectivity index (χ1v) is 6.90. The molecule has 1 heterocycles. The Morgan fingerprint density at radius 3 is 2.62 bits per heavy atom. The maximum atomic E-state index is 13.4. The number of hydrogen-bond donors (Lipinski definition) is 0. The molecule has 4 heteroatoms. The summed E-state index contributed by atoms with van der Waals surface area (Å²) in [4.78, 5) is 1.23. The molecule has 84 valence electrons. The molecule has 0 spiro atoms. The number of thiophene rings is 1. The van der Waals surface area contributed by atoms with Gasteiger partial charge in [0.2, 0.25) is 0 Å². The Bertz CT molecular complexity index is 483. The summed E-state index contributed by atoms with van der Waals surface area (Å²) in [5.74, 6) is -0.158. The maximum Gasteiger partial charge on any atom is 0.126 e. The molecule has 0 radical (unpaired) electrons. The molecule has 0 bridgehead atoms. The van der Waals surface area contributed by atoms with Crippen molar-refractivity contribution in [3.63, 3.8) is 0 Å². The van der Waals surface area contributed by atoms with E-state index in [2.05, 4.69) is 15.9 Å². The van der Waals surface area contributed by atoms with Gasteiger partial charge in [0.15, 0.2) is 0 Å². The minimum Gasteiger partial charge on any atom is -0.207 e. The second-order valence-electron chi connectivity index (χ2n) is 3.40. The van der Waals surface area contributed by atoms with E-state index in [0.29, 0.717) is 12.0 Å². The Labute approximate surface area is 111 Å². The molecule has 2 aromatic rings. The van der Waals surface area contributed by atoms with Gasteiger partial charge in [0, 0.05) is 4.88 Å². The highest BCUT2D eigenvalue weighted by Gasteiger charge is 2.12. The Kier molecular flexibility index (Phi) is 4.00. The number of benzene rings is 1. The van der Waals surface area contributed by atoms with Gasteiger partial charge in [0.05, 0.1) is 9.16 Å². The van der Waals surface area contributed by atoms with Crippen LogP contribution in [0.25, 0.3) is 0 Å². The number of rotatable bonds is 3. The molecule has 1 unspecified atom stereocenters. The second kappa shape index (κ2) is 5.30. The largest absolute Gasteiger partial charge is 0.207 e. The van der Waals surface area contributed by atoms with E-state index in [1.807, 2.05) is 18.2 Å². The van der Waals surface area contributed by atoms with Crippen molar-refractivity contribution < 1.29 is 4.39 Å². The van der Waals surface area contributed by atoms with Crippen molar-refractivity contribution in [3.05, 3.63) is 57.0 Å². The van der Waals surface area contributed by atoms with Crippen LogP contribution in [-0.4, -0.2) is 0 Å². The normalized spacial score (nSPS) is 12.7. The van der Waals surface area contributed by atoms with Gasteiger partial charge < -0.3 is 0 Å². The van der Waals surface area contributed by atoms with E-state index in [9.17, 15) is 4.39 Å². The Balaban J connectivity index is 2.13. The molecule has 0 saturated heterocycles. The number of halogens is 3. The lowest BCUT2D eigenvalue weighted by molar-refractivity contribution is 0.608. The van der Waals surface area contributed by atoms with Crippen molar-refractivity contribution in [3.8, 4) is 0 Å². The topological polar surface area (TPSA) is 0 Å². The van der Waals surface area contributed by atoms with Crippen LogP contribution >= 0.6 is 38.9 Å². The van der Waals surface area contributed by atoms with Crippen LogP contribution in [0.15, 0.2) is 36.4 Å². The summed E-state index contributed by atoms with van der Waals surface area (Å²) >= 11 is 10.9. The zero-order valence-electron chi connectivity index (χ0n) is 8.29. The molecule has 1 aromatic carbocycles. The van der Waals surface area contributed by atoms with E-state index in [1.54, 1.807) is 12.1 Å². The third kappa shape index (κ3) is 2.84. The van der Waals surface area contributed by atoms with Crippen molar-refractivity contribution in [2.75, 3.05) is 0 Å². The van der Waals surface area contributed by atoms with Gasteiger partial charge in [0.1, 0.15) is 5.82 Å². The standard InChI is InChI=1S/C12H9BrClFS/c13-9(11-5-6-12(14)16-11)7-8-3-1-2-4-10(8)15/h1-6,9H,7H2. The average Bonchev–Trinajstić information content (AvgIpc) is 2.68. The van der Waals surface area contributed by atoms with Gasteiger partial charge in [-0.2, -0.15) is 0 Å². The summed E-state index contributed by atoms with van der Waals surface area (Å²) in [6.45, 7) is 0. The summed E-state index contributed by atoms with van der Waals surface area (Å²) in [7, 11) is 0. The number of alkyl halides is 1. The molecule has 0 fully saturated rings. The fraction of sp³-hybridized carbons (Fsp3) is 0.167. The molecule has 1 atom stereocenters. The van der Waals surface area contributed by atoms with Gasteiger partial charge in [-0.05, 0) is 30.2 Å². The van der Waals surface area contributed by atoms with E-state index in [0.717, 1.165) is 9.21 Å². The third-order valence-corrected chi connectivity index (χ3v) is 4.72. The summed E-state index contributed by atoms with van der Waals surface area (Å²) in [6, 6.07) is 10.7. The van der Waals surface area contributed by atoms with Crippen molar-refractivity contribution >= 4 is 38.9 Å². The van der Waals surface area contributed by atoms with Crippen molar-refractivity contribution in [1.82, 2.24) is 0 Å². The zero-order valence-corrected chi connectivity index (χ0v) is 11.4. The van der Waals surface area contributed by atoms with E-state index in [4.69, 9.17) is 11.6 Å². The van der Waals surface area contributed by atoms with E-state index >= 15 is 0 Å². The molecule has 0 N–H and O–H groups in total. The monoisotopic (exact) mass is 318 g/mol. The fourth-order valence-corrected chi connectivity index (χ4v) is 3.27. The average molecular weight is 320 g/mol. The van der Waals surface area contributed by atoms with Crippen LogP contribution in [-0.2, 0) is 6.42 Å². The molecule has 2 rings (SSSR count). The van der Waals surface area contributed by atoms with Crippen LogP contribution in [0.4, 0.5) is 4.39 Å². The van der Waals surface area contributed by atoms with Gasteiger partial charge in [0.25, 0.3) is 0 Å². The number of hydrogen-bond acceptors (Lipinski definition) is 1. The second-order valence-corrected chi connectivity index (χ2v) is 6.26. The molecule has 0 aliphatic carbocycles. The SMILES string of the molecule is Fc1ccccc1CC(Br)c1ccc(Cl)s1. The highest BCUT2D eigenvalue weighted by molar-refractivity contribution is 9.09. The van der Waals surface area contributed by atoms with Crippen molar-refractivity contribution in [1.29, 1.82) is 0 Å². The molecule has 0 nitrogen and oxygen atoms in total. The predicted molar refractivity (Wildman–Crippen MR) is 71.1 cm³/mol. The highest BCUT2D eigenvalue weighted by atomic mass is 79.9. The van der Waals surface area contributed by atoms with Crippen molar-refractivity contribution in [2.24, 2.45) is 0 Å². The molecule has 0 aliphatic heterocycles. The zero-order chi connectivity index (χ0) is 11.5. The van der Waals surface area contributed by atoms with Crippen LogP contribution in [0.5, 0.6) is 0 Å². The lowest BCUT2D eigenvalue weighted by Gasteiger charge is -2.08. The first-order chi connectivity index (χ1) is 7.66. The van der Waals surface area contributed by atoms with Gasteiger partial charge in [-0.3, -0.25) is 0 Å². The van der Waals surface area contributed by atoms with Gasteiger partial charge >= 0.3 is 0 Å². The first kappa shape index (κ1) is 12.1. The summed E-state index contributed by atoms with van der Waals surface area (Å²) in [6.07, 6.45) is 0.628. The Morgan fingerprint density at radius 2 is 2.00 bits per heavy atom. The third-order valence-electron chi connectivity index (χ3n) is 2.26. The quantitative estimate of drug-likeness (QED) is 0.680. The highest BCUT2D eigenvalue weighted by Crippen LogP contribution is 2.34. The van der Waals surface area contributed by atoms with Crippen LogP contribution in [0, 0.1) is 5.82 Å². The summed E-state index contributed by atoms with van der Waals surface area (Å²) in [5.41, 5.74) is 0.717. The lowest BCUT2D eigenvalue weighted by atomic mass is 10.1. The smallest absolute Gasteiger partial charge is 0.126 e. The molecule has 0 aliphatic rings. The summed E-state index contributed by atoms with van der Waals surface area (Å²) < 4.78 is 14.2. The minimum atomic E-state index is -0.158. The van der Waals surface area contributed by atoms with Crippen LogP contribution < -0.4 is 0 Å². The molecule has 16 heavy (non-hydrogen) atoms. The Morgan fingerprint density at radius 1 is 1.25 bits per heavy atom. The summed E-state index contributed by atoms with van der Waals surface area (Å²) in [5, 5.41) is 0. The van der Waals surface area contributed by atoms with E-state index in [1.165, 1.54) is 17.4 Å². The molecule has 0 saturated carbocycles. The molecule has 1 aromatic heterocycles. The lowest BCUT2D eigenvalue weighted by Crippen LogP contribution is -1.95. The maximum absolute atomic E-state index is 13.4. The first-order valence-electron chi connectivity index (χ1n) is 4.79. The minimum absolute atomic E-state index is 0.113. The predicted octanol–water partition coefficient (Wildman–Crippen LogP) is 5.22. The van der Waals surface area contributed by atoms with Crippen LogP contribution in [0.2, 0.25) is 4.34 Å². The van der Waals surface area contributed by atoms with E-state index in [-0.39, 0.29) is 10.6 Å². The van der Waals surface area contributed by atoms with Gasteiger partial charge in [-0.15, -0.1) is 11.3 Å². The molecule has 0 amide bonds. The van der Waals surface area contributed by atoms with Crippen LogP contribution in [0.1, 0.15) is 15.3 Å². The molecular formula is C12H9BrClFS. The van der Waals surface area contributed by atoms with Gasteiger partial charge in [-0.1, -0.05) is 45.7 Å². The Hall–Kier alpha value is -0.380. The van der Waals surface area contributed by atoms with E-state index < -0.39 is 0 Å². The van der Waals surface area contributed by atoms with Crippen molar-refractivity contribution in [2.45, 2.75) is 11.2 Å².